The van der Waals surface area contributed by atoms with Crippen molar-refractivity contribution in [2.75, 3.05) is 11.3 Å². The first-order valence-corrected chi connectivity index (χ1v) is 9.46. The number of benzene rings is 1. The van der Waals surface area contributed by atoms with E-state index in [0.717, 1.165) is 6.20 Å². The molecule has 28 heavy (non-hydrogen) atoms. The Hall–Kier alpha value is -2.37. The van der Waals surface area contributed by atoms with Crippen molar-refractivity contribution in [3.8, 4) is 5.75 Å². The molecule has 0 fully saturated rings. The van der Waals surface area contributed by atoms with Crippen LogP contribution in [-0.4, -0.2) is 32.4 Å². The quantitative estimate of drug-likeness (QED) is 0.687. The van der Waals surface area contributed by atoms with Gasteiger partial charge in [0.25, 0.3) is 22.4 Å². The number of anilines is 1. The molecule has 0 atom stereocenters. The van der Waals surface area contributed by atoms with Crippen LogP contribution in [0.25, 0.3) is 0 Å². The molecule has 1 aromatic carbocycles. The van der Waals surface area contributed by atoms with Gasteiger partial charge in [-0.3, -0.25) is 4.72 Å². The van der Waals surface area contributed by atoms with Crippen LogP contribution in [0.15, 0.2) is 23.2 Å². The minimum absolute atomic E-state index is 0.0547. The van der Waals surface area contributed by atoms with Crippen LogP contribution in [0.5, 0.6) is 5.75 Å². The highest BCUT2D eigenvalue weighted by atomic mass is 32.2. The van der Waals surface area contributed by atoms with Crippen molar-refractivity contribution in [1.82, 2.24) is 4.98 Å². The monoisotopic (exact) mass is 428 g/mol. The van der Waals surface area contributed by atoms with Crippen LogP contribution in [0.3, 0.4) is 0 Å². The molecular formula is C16H14F6N2O3S. The zero-order valence-corrected chi connectivity index (χ0v) is 14.9. The summed E-state index contributed by atoms with van der Waals surface area (Å²) < 4.78 is 110. The van der Waals surface area contributed by atoms with Crippen molar-refractivity contribution in [2.45, 2.75) is 36.5 Å². The highest BCUT2D eigenvalue weighted by Gasteiger charge is 2.38. The Morgan fingerprint density at radius 3 is 2.61 bits per heavy atom. The predicted molar refractivity (Wildman–Crippen MR) is 86.4 cm³/mol. The second kappa shape index (κ2) is 7.22. The van der Waals surface area contributed by atoms with E-state index in [0.29, 0.717) is 12.1 Å². The average molecular weight is 428 g/mol. The van der Waals surface area contributed by atoms with Gasteiger partial charge in [-0.15, -0.1) is 0 Å². The minimum atomic E-state index is -4.42. The van der Waals surface area contributed by atoms with E-state index in [2.05, 4.69) is 9.72 Å². The van der Waals surface area contributed by atoms with Crippen molar-refractivity contribution in [3.63, 3.8) is 0 Å². The summed E-state index contributed by atoms with van der Waals surface area (Å²) in [6.45, 7) is -1.17. The molecule has 3 rings (SSSR count). The predicted octanol–water partition coefficient (Wildman–Crippen LogP) is 3.86. The fraction of sp³-hybridized carbons (Fsp3) is 0.375. The number of ether oxygens (including phenoxy) is 1. The number of sulfonamides is 1. The third-order valence-electron chi connectivity index (χ3n) is 4.14. The SMILES string of the molecule is O=S(=O)(Nc1cc(F)c(OCC(F)F)cc1F)c1c[nH]c2c1CCC(F)(F)C2. The Bertz CT molecular complexity index is 991. The number of aromatic amines is 1. The smallest absolute Gasteiger partial charge is 0.272 e. The first-order valence-electron chi connectivity index (χ1n) is 7.98. The Balaban J connectivity index is 1.86. The van der Waals surface area contributed by atoms with Gasteiger partial charge in [-0.25, -0.2) is 34.8 Å². The van der Waals surface area contributed by atoms with Crippen LogP contribution < -0.4 is 9.46 Å². The third kappa shape index (κ3) is 4.21. The van der Waals surface area contributed by atoms with Gasteiger partial charge in [0.15, 0.2) is 17.4 Å². The lowest BCUT2D eigenvalue weighted by Gasteiger charge is -2.22. The van der Waals surface area contributed by atoms with Crippen LogP contribution in [0, 0.1) is 11.6 Å². The molecule has 0 bridgehead atoms. The Morgan fingerprint density at radius 2 is 1.93 bits per heavy atom. The fourth-order valence-electron chi connectivity index (χ4n) is 2.87. The first-order chi connectivity index (χ1) is 13.0. The van der Waals surface area contributed by atoms with Gasteiger partial charge in [0.05, 0.1) is 12.1 Å². The molecule has 5 nitrogen and oxygen atoms in total. The maximum atomic E-state index is 14.1. The van der Waals surface area contributed by atoms with Crippen molar-refractivity contribution in [1.29, 1.82) is 0 Å². The van der Waals surface area contributed by atoms with Crippen LogP contribution in [0.4, 0.5) is 32.0 Å². The lowest BCUT2D eigenvalue weighted by atomic mass is 9.95. The molecule has 1 aliphatic carbocycles. The maximum Gasteiger partial charge on any atom is 0.272 e. The van der Waals surface area contributed by atoms with Gasteiger partial charge in [-0.05, 0) is 12.0 Å². The lowest BCUT2D eigenvalue weighted by molar-refractivity contribution is -0.0133. The van der Waals surface area contributed by atoms with Crippen molar-refractivity contribution in [3.05, 3.63) is 41.2 Å². The van der Waals surface area contributed by atoms with Crippen molar-refractivity contribution < 1.29 is 39.5 Å². The Morgan fingerprint density at radius 1 is 1.21 bits per heavy atom. The molecule has 1 aliphatic rings. The molecule has 0 spiro atoms. The molecule has 0 unspecified atom stereocenters. The summed E-state index contributed by atoms with van der Waals surface area (Å²) in [7, 11) is -4.42. The van der Waals surface area contributed by atoms with Crippen molar-refractivity contribution >= 4 is 15.7 Å². The average Bonchev–Trinajstić information content (AvgIpc) is 2.98. The first kappa shape index (κ1) is 20.4. The highest BCUT2D eigenvalue weighted by molar-refractivity contribution is 7.92. The molecule has 12 heteroatoms. The van der Waals surface area contributed by atoms with E-state index in [1.165, 1.54) is 0 Å². The summed E-state index contributed by atoms with van der Waals surface area (Å²) >= 11 is 0. The van der Waals surface area contributed by atoms with Gasteiger partial charge in [0.2, 0.25) is 0 Å². The van der Waals surface area contributed by atoms with Gasteiger partial charge >= 0.3 is 0 Å². The number of fused-ring (bicyclic) bond motifs is 1. The van der Waals surface area contributed by atoms with Gasteiger partial charge in [0, 0.05) is 30.4 Å². The van der Waals surface area contributed by atoms with Gasteiger partial charge in [-0.1, -0.05) is 0 Å². The molecule has 2 aromatic rings. The maximum absolute atomic E-state index is 14.1. The van der Waals surface area contributed by atoms with Crippen LogP contribution in [0.2, 0.25) is 0 Å². The highest BCUT2D eigenvalue weighted by Crippen LogP contribution is 2.36. The second-order valence-corrected chi connectivity index (χ2v) is 7.86. The molecule has 0 aliphatic heterocycles. The summed E-state index contributed by atoms with van der Waals surface area (Å²) in [5.74, 6) is -6.28. The number of H-pyrrole nitrogens is 1. The largest absolute Gasteiger partial charge is 0.484 e. The summed E-state index contributed by atoms with van der Waals surface area (Å²) in [6, 6.07) is 0.879. The summed E-state index contributed by atoms with van der Waals surface area (Å²) in [5, 5.41) is 0. The normalized spacial score (nSPS) is 16.1. The second-order valence-electron chi connectivity index (χ2n) is 6.21. The molecule has 0 amide bonds. The number of alkyl halides is 4. The topological polar surface area (TPSA) is 71.2 Å². The molecule has 0 saturated carbocycles. The van der Waals surface area contributed by atoms with E-state index in [4.69, 9.17) is 0 Å². The molecular weight excluding hydrogens is 414 g/mol. The van der Waals surface area contributed by atoms with E-state index in [9.17, 15) is 34.8 Å². The summed E-state index contributed by atoms with van der Waals surface area (Å²) in [6.07, 6.45) is -3.31. The van der Waals surface area contributed by atoms with Crippen LogP contribution in [0.1, 0.15) is 17.7 Å². The molecule has 154 valence electrons. The van der Waals surface area contributed by atoms with E-state index < -0.39 is 64.9 Å². The van der Waals surface area contributed by atoms with Crippen molar-refractivity contribution in [2.24, 2.45) is 0 Å². The number of hydrogen-bond donors (Lipinski definition) is 2. The molecule has 2 N–H and O–H groups in total. The number of nitrogens with one attached hydrogen (secondary N) is 2. The number of aromatic nitrogens is 1. The summed E-state index contributed by atoms with van der Waals surface area (Å²) in [4.78, 5) is 2.13. The number of rotatable bonds is 6. The zero-order valence-electron chi connectivity index (χ0n) is 14.0. The van der Waals surface area contributed by atoms with Crippen LogP contribution >= 0.6 is 0 Å². The molecule has 1 heterocycles. The molecule has 0 radical (unpaired) electrons. The lowest BCUT2D eigenvalue weighted by Crippen LogP contribution is -2.26. The van der Waals surface area contributed by atoms with E-state index in [1.807, 2.05) is 4.72 Å². The Labute approximate surface area is 155 Å². The zero-order chi connectivity index (χ0) is 20.7. The third-order valence-corrected chi connectivity index (χ3v) is 5.57. The van der Waals surface area contributed by atoms with E-state index >= 15 is 0 Å². The molecule has 1 aromatic heterocycles. The van der Waals surface area contributed by atoms with E-state index in [1.54, 1.807) is 0 Å². The number of hydrogen-bond acceptors (Lipinski definition) is 3. The minimum Gasteiger partial charge on any atom is -0.484 e. The number of halogens is 6. The standard InChI is InChI=1S/C16H14F6N2O3S/c17-9-4-13(27-7-15(19)20)10(18)3-11(9)24-28(25,26)14-6-23-12-5-16(21,22)2-1-8(12)14/h3-4,6,15,23-24H,1-2,5,7H2. The summed E-state index contributed by atoms with van der Waals surface area (Å²) in [5.41, 5.74) is -0.576. The Kier molecular flexibility index (Phi) is 5.26. The molecule has 0 saturated heterocycles. The van der Waals surface area contributed by atoms with Crippen LogP contribution in [-0.2, 0) is 22.9 Å². The van der Waals surface area contributed by atoms with E-state index in [-0.39, 0.29) is 22.6 Å². The fourth-order valence-corrected chi connectivity index (χ4v) is 4.19. The van der Waals surface area contributed by atoms with Gasteiger partial charge in [0.1, 0.15) is 11.5 Å². The van der Waals surface area contributed by atoms with Gasteiger partial charge in [-0.2, -0.15) is 0 Å². The van der Waals surface area contributed by atoms with Gasteiger partial charge < -0.3 is 9.72 Å².